The summed E-state index contributed by atoms with van der Waals surface area (Å²) < 4.78 is 0. The molecule has 1 aliphatic heterocycles. The molecule has 0 bridgehead atoms. The fraction of sp³-hybridized carbons (Fsp3) is 0.600. The zero-order valence-electron chi connectivity index (χ0n) is 10.8. The van der Waals surface area contributed by atoms with Gasteiger partial charge in [0, 0.05) is 18.3 Å². The van der Waals surface area contributed by atoms with E-state index >= 15 is 0 Å². The molecule has 0 spiro atoms. The standard InChI is InChI=1S/C15H24N2/c1-2-3-5-13-7-9-14(10-8-13)17-12-15-6-4-11-16-15/h7-10,15-17H,2-6,11-12H2,1H3. The molecule has 2 nitrogen and oxygen atoms in total. The lowest BCUT2D eigenvalue weighted by molar-refractivity contribution is 0.633. The lowest BCUT2D eigenvalue weighted by Gasteiger charge is -2.12. The smallest absolute Gasteiger partial charge is 0.0340 e. The molecule has 2 rings (SSSR count). The van der Waals surface area contributed by atoms with Crippen LogP contribution < -0.4 is 10.6 Å². The van der Waals surface area contributed by atoms with Gasteiger partial charge < -0.3 is 10.6 Å². The van der Waals surface area contributed by atoms with E-state index in [0.717, 1.165) is 6.54 Å². The fourth-order valence-electron chi connectivity index (χ4n) is 2.34. The molecule has 1 unspecified atom stereocenters. The Balaban J connectivity index is 1.76. The average Bonchev–Trinajstić information content (AvgIpc) is 2.88. The molecule has 0 aliphatic carbocycles. The lowest BCUT2D eigenvalue weighted by Crippen LogP contribution is -2.29. The number of rotatable bonds is 6. The normalized spacial score (nSPS) is 19.5. The highest BCUT2D eigenvalue weighted by molar-refractivity contribution is 5.44. The maximum Gasteiger partial charge on any atom is 0.0340 e. The quantitative estimate of drug-likeness (QED) is 0.787. The van der Waals surface area contributed by atoms with E-state index in [1.54, 1.807) is 0 Å². The van der Waals surface area contributed by atoms with E-state index < -0.39 is 0 Å². The SMILES string of the molecule is CCCCc1ccc(NCC2CCCN2)cc1. The summed E-state index contributed by atoms with van der Waals surface area (Å²) in [5.74, 6) is 0. The Hall–Kier alpha value is -1.02. The Morgan fingerprint density at radius 1 is 1.29 bits per heavy atom. The largest absolute Gasteiger partial charge is 0.383 e. The van der Waals surface area contributed by atoms with E-state index in [4.69, 9.17) is 0 Å². The van der Waals surface area contributed by atoms with E-state index in [1.165, 1.54) is 49.9 Å². The molecule has 1 saturated heterocycles. The van der Waals surface area contributed by atoms with Crippen molar-refractivity contribution < 1.29 is 0 Å². The topological polar surface area (TPSA) is 24.1 Å². The van der Waals surface area contributed by atoms with Crippen molar-refractivity contribution in [1.82, 2.24) is 5.32 Å². The molecule has 1 atom stereocenters. The molecular formula is C15H24N2. The number of anilines is 1. The monoisotopic (exact) mass is 232 g/mol. The van der Waals surface area contributed by atoms with E-state index in [2.05, 4.69) is 41.8 Å². The van der Waals surface area contributed by atoms with Crippen LogP contribution in [0, 0.1) is 0 Å². The number of aryl methyl sites for hydroxylation is 1. The summed E-state index contributed by atoms with van der Waals surface area (Å²) in [6, 6.07) is 9.58. The van der Waals surface area contributed by atoms with Crippen molar-refractivity contribution in [2.45, 2.75) is 45.1 Å². The summed E-state index contributed by atoms with van der Waals surface area (Å²) in [6.45, 7) is 4.47. The van der Waals surface area contributed by atoms with E-state index in [0.29, 0.717) is 6.04 Å². The molecule has 1 heterocycles. The van der Waals surface area contributed by atoms with E-state index in [1.807, 2.05) is 0 Å². The Morgan fingerprint density at radius 2 is 2.12 bits per heavy atom. The Morgan fingerprint density at radius 3 is 2.76 bits per heavy atom. The van der Waals surface area contributed by atoms with Gasteiger partial charge in [-0.25, -0.2) is 0 Å². The van der Waals surface area contributed by atoms with Gasteiger partial charge in [-0.1, -0.05) is 25.5 Å². The Kier molecular flexibility index (Phi) is 4.87. The summed E-state index contributed by atoms with van der Waals surface area (Å²) in [5.41, 5.74) is 2.70. The van der Waals surface area contributed by atoms with Crippen LogP contribution in [0.25, 0.3) is 0 Å². The van der Waals surface area contributed by atoms with Crippen LogP contribution in [0.3, 0.4) is 0 Å². The minimum absolute atomic E-state index is 0.662. The Labute approximate surface area is 105 Å². The highest BCUT2D eigenvalue weighted by atomic mass is 15.0. The second-order valence-corrected chi connectivity index (χ2v) is 4.97. The van der Waals surface area contributed by atoms with Crippen LogP contribution in [-0.4, -0.2) is 19.1 Å². The second kappa shape index (κ2) is 6.65. The van der Waals surface area contributed by atoms with Crippen molar-refractivity contribution in [3.63, 3.8) is 0 Å². The van der Waals surface area contributed by atoms with Gasteiger partial charge in [-0.15, -0.1) is 0 Å². The fourth-order valence-corrected chi connectivity index (χ4v) is 2.34. The van der Waals surface area contributed by atoms with Crippen LogP contribution in [0.4, 0.5) is 5.69 Å². The van der Waals surface area contributed by atoms with Gasteiger partial charge in [0.1, 0.15) is 0 Å². The average molecular weight is 232 g/mol. The highest BCUT2D eigenvalue weighted by Gasteiger charge is 2.12. The van der Waals surface area contributed by atoms with Crippen LogP contribution in [0.1, 0.15) is 38.2 Å². The molecule has 2 heteroatoms. The zero-order chi connectivity index (χ0) is 11.9. The van der Waals surface area contributed by atoms with Crippen LogP contribution in [0.15, 0.2) is 24.3 Å². The number of hydrogen-bond acceptors (Lipinski definition) is 2. The third-order valence-electron chi connectivity index (χ3n) is 3.49. The Bertz CT molecular complexity index is 312. The summed E-state index contributed by atoms with van der Waals surface area (Å²) >= 11 is 0. The summed E-state index contributed by atoms with van der Waals surface area (Å²) in [4.78, 5) is 0. The van der Waals surface area contributed by atoms with Crippen molar-refractivity contribution in [2.24, 2.45) is 0 Å². The van der Waals surface area contributed by atoms with Crippen molar-refractivity contribution in [3.8, 4) is 0 Å². The molecule has 0 amide bonds. The zero-order valence-corrected chi connectivity index (χ0v) is 10.8. The van der Waals surface area contributed by atoms with Gasteiger partial charge >= 0.3 is 0 Å². The third kappa shape index (κ3) is 4.04. The minimum atomic E-state index is 0.662. The molecule has 1 aliphatic rings. The molecule has 0 radical (unpaired) electrons. The van der Waals surface area contributed by atoms with Gasteiger partial charge in [0.25, 0.3) is 0 Å². The predicted octanol–water partition coefficient (Wildman–Crippen LogP) is 3.19. The molecule has 2 N–H and O–H groups in total. The predicted molar refractivity (Wildman–Crippen MR) is 74.6 cm³/mol. The van der Waals surface area contributed by atoms with Gasteiger partial charge in [-0.3, -0.25) is 0 Å². The minimum Gasteiger partial charge on any atom is -0.383 e. The maximum atomic E-state index is 3.51. The van der Waals surface area contributed by atoms with Crippen LogP contribution in [-0.2, 0) is 6.42 Å². The second-order valence-electron chi connectivity index (χ2n) is 4.97. The molecule has 94 valence electrons. The molecule has 17 heavy (non-hydrogen) atoms. The first-order valence-corrected chi connectivity index (χ1v) is 6.94. The van der Waals surface area contributed by atoms with Crippen molar-refractivity contribution in [3.05, 3.63) is 29.8 Å². The lowest BCUT2D eigenvalue weighted by atomic mass is 10.1. The van der Waals surface area contributed by atoms with E-state index in [-0.39, 0.29) is 0 Å². The summed E-state index contributed by atoms with van der Waals surface area (Å²) in [7, 11) is 0. The first-order valence-electron chi connectivity index (χ1n) is 6.94. The van der Waals surface area contributed by atoms with Crippen molar-refractivity contribution in [2.75, 3.05) is 18.4 Å². The van der Waals surface area contributed by atoms with Crippen molar-refractivity contribution in [1.29, 1.82) is 0 Å². The van der Waals surface area contributed by atoms with E-state index in [9.17, 15) is 0 Å². The molecular weight excluding hydrogens is 208 g/mol. The number of hydrogen-bond donors (Lipinski definition) is 2. The van der Waals surface area contributed by atoms with Crippen LogP contribution in [0.5, 0.6) is 0 Å². The maximum absolute atomic E-state index is 3.51. The number of benzene rings is 1. The third-order valence-corrected chi connectivity index (χ3v) is 3.49. The molecule has 0 aromatic heterocycles. The van der Waals surface area contributed by atoms with Gasteiger partial charge in [0.2, 0.25) is 0 Å². The highest BCUT2D eigenvalue weighted by Crippen LogP contribution is 2.13. The van der Waals surface area contributed by atoms with Gasteiger partial charge in [-0.05, 0) is 49.9 Å². The molecule has 1 aromatic rings. The van der Waals surface area contributed by atoms with Gasteiger partial charge in [0.05, 0.1) is 0 Å². The van der Waals surface area contributed by atoms with Crippen molar-refractivity contribution >= 4 is 5.69 Å². The molecule has 1 aromatic carbocycles. The van der Waals surface area contributed by atoms with Crippen LogP contribution in [0.2, 0.25) is 0 Å². The number of nitrogens with one attached hydrogen (secondary N) is 2. The molecule has 0 saturated carbocycles. The first kappa shape index (κ1) is 12.4. The van der Waals surface area contributed by atoms with Crippen LogP contribution >= 0.6 is 0 Å². The van der Waals surface area contributed by atoms with Gasteiger partial charge in [0.15, 0.2) is 0 Å². The summed E-state index contributed by atoms with van der Waals surface area (Å²) in [6.07, 6.45) is 6.40. The number of unbranched alkanes of at least 4 members (excludes halogenated alkanes) is 1. The summed E-state index contributed by atoms with van der Waals surface area (Å²) in [5, 5.41) is 7.01. The van der Waals surface area contributed by atoms with Gasteiger partial charge in [-0.2, -0.15) is 0 Å². The first-order chi connectivity index (χ1) is 8.38. The molecule has 1 fully saturated rings.